The van der Waals surface area contributed by atoms with Crippen molar-refractivity contribution >= 4 is 17.1 Å². The van der Waals surface area contributed by atoms with Crippen LogP contribution >= 0.6 is 12.2 Å². The number of hydrogen-bond acceptors (Lipinski definition) is 2. The van der Waals surface area contributed by atoms with E-state index in [0.717, 1.165) is 16.2 Å². The molecule has 1 aliphatic heterocycles. The van der Waals surface area contributed by atoms with Gasteiger partial charge in [-0.05, 0) is 24.6 Å². The molecular weight excluding hydrogens is 252 g/mol. The zero-order chi connectivity index (χ0) is 13.4. The number of aryl methyl sites for hydroxylation is 1. The zero-order valence-electron chi connectivity index (χ0n) is 11.1. The van der Waals surface area contributed by atoms with Gasteiger partial charge in [0.2, 0.25) is 0 Å². The van der Waals surface area contributed by atoms with Gasteiger partial charge in [-0.1, -0.05) is 61.1 Å². The van der Waals surface area contributed by atoms with Crippen LogP contribution in [0.4, 0.5) is 0 Å². The van der Waals surface area contributed by atoms with Crippen molar-refractivity contribution in [3.8, 4) is 5.75 Å². The number of benzene rings is 2. The van der Waals surface area contributed by atoms with Gasteiger partial charge in [0.05, 0.1) is 0 Å². The Labute approximate surface area is 119 Å². The van der Waals surface area contributed by atoms with Crippen molar-refractivity contribution in [3.63, 3.8) is 0 Å². The van der Waals surface area contributed by atoms with Crippen LogP contribution in [0.1, 0.15) is 29.7 Å². The third kappa shape index (κ3) is 2.17. The molecule has 19 heavy (non-hydrogen) atoms. The monoisotopic (exact) mass is 268 g/mol. The first-order valence-electron chi connectivity index (χ1n) is 6.53. The summed E-state index contributed by atoms with van der Waals surface area (Å²) in [6, 6.07) is 16.5. The molecule has 0 spiro atoms. The summed E-state index contributed by atoms with van der Waals surface area (Å²) in [6.45, 7) is 4.22. The van der Waals surface area contributed by atoms with Crippen LogP contribution in [0.2, 0.25) is 0 Å². The van der Waals surface area contributed by atoms with Crippen LogP contribution in [0.5, 0.6) is 5.75 Å². The van der Waals surface area contributed by atoms with Gasteiger partial charge >= 0.3 is 0 Å². The lowest BCUT2D eigenvalue weighted by Gasteiger charge is -2.32. The van der Waals surface area contributed by atoms with Gasteiger partial charge in [-0.3, -0.25) is 0 Å². The highest BCUT2D eigenvalue weighted by molar-refractivity contribution is 7.80. The molecule has 2 heteroatoms. The highest BCUT2D eigenvalue weighted by Crippen LogP contribution is 2.39. The van der Waals surface area contributed by atoms with Crippen LogP contribution in [-0.2, 0) is 0 Å². The molecule has 0 bridgehead atoms. The Kier molecular flexibility index (Phi) is 3.11. The van der Waals surface area contributed by atoms with Gasteiger partial charge in [0.25, 0.3) is 0 Å². The summed E-state index contributed by atoms with van der Waals surface area (Å²) >= 11 is 5.64. The average molecular weight is 268 g/mol. The number of rotatable bonds is 1. The molecule has 0 fully saturated rings. The summed E-state index contributed by atoms with van der Waals surface area (Å²) in [6.07, 6.45) is 0.0175. The largest absolute Gasteiger partial charge is 0.484 e. The number of thiocarbonyl (C=S) groups is 1. The van der Waals surface area contributed by atoms with Crippen LogP contribution in [-0.4, -0.2) is 4.86 Å². The van der Waals surface area contributed by atoms with Crippen molar-refractivity contribution in [1.82, 2.24) is 0 Å². The molecule has 0 amide bonds. The first-order chi connectivity index (χ1) is 9.16. The third-order valence-electron chi connectivity index (χ3n) is 3.65. The van der Waals surface area contributed by atoms with Gasteiger partial charge in [0.15, 0.2) is 0 Å². The molecule has 2 aromatic rings. The predicted molar refractivity (Wildman–Crippen MR) is 81.9 cm³/mol. The van der Waals surface area contributed by atoms with Crippen molar-refractivity contribution in [2.24, 2.45) is 5.92 Å². The molecule has 0 saturated heterocycles. The molecule has 2 atom stereocenters. The van der Waals surface area contributed by atoms with Crippen molar-refractivity contribution in [2.45, 2.75) is 20.0 Å². The molecule has 1 heterocycles. The molecule has 0 radical (unpaired) electrons. The quantitative estimate of drug-likeness (QED) is 0.705. The average Bonchev–Trinajstić information content (AvgIpc) is 2.44. The first-order valence-corrected chi connectivity index (χ1v) is 6.94. The van der Waals surface area contributed by atoms with E-state index in [1.54, 1.807) is 0 Å². The van der Waals surface area contributed by atoms with Crippen LogP contribution in [0.15, 0.2) is 48.5 Å². The molecule has 0 aliphatic carbocycles. The van der Waals surface area contributed by atoms with E-state index in [2.05, 4.69) is 38.1 Å². The van der Waals surface area contributed by atoms with E-state index in [-0.39, 0.29) is 12.0 Å². The molecule has 2 aromatic carbocycles. The highest BCUT2D eigenvalue weighted by Gasteiger charge is 2.32. The molecule has 2 unspecified atom stereocenters. The van der Waals surface area contributed by atoms with E-state index in [1.807, 2.05) is 24.3 Å². The molecule has 96 valence electrons. The van der Waals surface area contributed by atoms with Crippen LogP contribution in [0.3, 0.4) is 0 Å². The SMILES string of the molecule is Cc1ccc2c(c1)C(=S)C(C)C(c1ccccc1)O2. The first kappa shape index (κ1) is 12.4. The number of ether oxygens (including phenoxy) is 1. The van der Waals surface area contributed by atoms with E-state index in [4.69, 9.17) is 17.0 Å². The smallest absolute Gasteiger partial charge is 0.131 e. The summed E-state index contributed by atoms with van der Waals surface area (Å²) in [5.74, 6) is 1.12. The van der Waals surface area contributed by atoms with Crippen molar-refractivity contribution in [3.05, 3.63) is 65.2 Å². The van der Waals surface area contributed by atoms with Crippen LogP contribution in [0.25, 0.3) is 0 Å². The summed E-state index contributed by atoms with van der Waals surface area (Å²) in [5, 5.41) is 0. The van der Waals surface area contributed by atoms with Crippen LogP contribution < -0.4 is 4.74 Å². The van der Waals surface area contributed by atoms with E-state index in [9.17, 15) is 0 Å². The molecule has 3 rings (SSSR count). The minimum absolute atomic E-state index is 0.0175. The van der Waals surface area contributed by atoms with Crippen LogP contribution in [0, 0.1) is 12.8 Å². The second kappa shape index (κ2) is 4.78. The standard InChI is InChI=1S/C17H16OS/c1-11-8-9-15-14(10-11)17(19)12(2)16(18-15)13-6-4-3-5-7-13/h3-10,12,16H,1-2H3. The fourth-order valence-electron chi connectivity index (χ4n) is 2.56. The van der Waals surface area contributed by atoms with Gasteiger partial charge in [0.1, 0.15) is 11.9 Å². The van der Waals surface area contributed by atoms with Crippen molar-refractivity contribution in [1.29, 1.82) is 0 Å². The number of fused-ring (bicyclic) bond motifs is 1. The van der Waals surface area contributed by atoms with Gasteiger partial charge in [-0.15, -0.1) is 0 Å². The number of hydrogen-bond donors (Lipinski definition) is 0. The van der Waals surface area contributed by atoms with Gasteiger partial charge in [-0.2, -0.15) is 0 Å². The summed E-state index contributed by atoms with van der Waals surface area (Å²) in [7, 11) is 0. The Morgan fingerprint density at radius 3 is 2.53 bits per heavy atom. The van der Waals surface area contributed by atoms with E-state index >= 15 is 0 Å². The van der Waals surface area contributed by atoms with E-state index in [1.165, 1.54) is 11.1 Å². The Balaban J connectivity index is 2.04. The maximum atomic E-state index is 6.17. The third-order valence-corrected chi connectivity index (χ3v) is 4.24. The lowest BCUT2D eigenvalue weighted by Crippen LogP contribution is -2.28. The molecule has 0 aromatic heterocycles. The van der Waals surface area contributed by atoms with Gasteiger partial charge < -0.3 is 4.74 Å². The topological polar surface area (TPSA) is 9.23 Å². The maximum Gasteiger partial charge on any atom is 0.131 e. The highest BCUT2D eigenvalue weighted by atomic mass is 32.1. The maximum absolute atomic E-state index is 6.17. The molecule has 0 saturated carbocycles. The predicted octanol–water partition coefficient (Wildman–Crippen LogP) is 4.48. The fourth-order valence-corrected chi connectivity index (χ4v) is 2.84. The zero-order valence-corrected chi connectivity index (χ0v) is 11.9. The summed E-state index contributed by atoms with van der Waals surface area (Å²) in [4.78, 5) is 0.999. The molecule has 1 aliphatic rings. The second-order valence-electron chi connectivity index (χ2n) is 5.10. The molecule has 1 nitrogen and oxygen atoms in total. The van der Waals surface area contributed by atoms with Gasteiger partial charge in [-0.25, -0.2) is 0 Å². The summed E-state index contributed by atoms with van der Waals surface area (Å²) in [5.41, 5.74) is 3.48. The minimum Gasteiger partial charge on any atom is -0.484 e. The Bertz CT molecular complexity index is 618. The molecular formula is C17H16OS. The fraction of sp³-hybridized carbons (Fsp3) is 0.235. The lowest BCUT2D eigenvalue weighted by atomic mass is 9.87. The Hall–Kier alpha value is -1.67. The van der Waals surface area contributed by atoms with Crippen molar-refractivity contribution < 1.29 is 4.74 Å². The Morgan fingerprint density at radius 2 is 1.79 bits per heavy atom. The molecule has 0 N–H and O–H groups in total. The Morgan fingerprint density at radius 1 is 1.05 bits per heavy atom. The lowest BCUT2D eigenvalue weighted by molar-refractivity contribution is 0.167. The normalized spacial score (nSPS) is 21.7. The van der Waals surface area contributed by atoms with Crippen molar-refractivity contribution in [2.75, 3.05) is 0 Å². The van der Waals surface area contributed by atoms with E-state index < -0.39 is 0 Å². The minimum atomic E-state index is 0.0175. The van der Waals surface area contributed by atoms with Gasteiger partial charge in [0, 0.05) is 16.3 Å². The second-order valence-corrected chi connectivity index (χ2v) is 5.54. The van der Waals surface area contributed by atoms with E-state index in [0.29, 0.717) is 0 Å². The summed E-state index contributed by atoms with van der Waals surface area (Å²) < 4.78 is 6.17.